The number of benzene rings is 7. The van der Waals surface area contributed by atoms with Gasteiger partial charge in [0.2, 0.25) is 0 Å². The van der Waals surface area contributed by atoms with E-state index in [0.29, 0.717) is 17.5 Å². The van der Waals surface area contributed by atoms with Crippen LogP contribution in [0.3, 0.4) is 0 Å². The van der Waals surface area contributed by atoms with E-state index in [9.17, 15) is 0 Å². The van der Waals surface area contributed by atoms with E-state index in [1.54, 1.807) is 11.3 Å². The highest BCUT2D eigenvalue weighted by Gasteiger charge is 2.19. The number of hydrogen-bond donors (Lipinski definition) is 0. The monoisotopic (exact) mass is 670 g/mol. The van der Waals surface area contributed by atoms with Gasteiger partial charge in [-0.15, -0.1) is 11.3 Å². The third-order valence-electron chi connectivity index (χ3n) is 9.86. The first-order valence-corrected chi connectivity index (χ1v) is 17.8. The molecule has 0 radical (unpaired) electrons. The fourth-order valence-electron chi connectivity index (χ4n) is 7.47. The Morgan fingerprint density at radius 2 is 1.02 bits per heavy atom. The Balaban J connectivity index is 1.07. The van der Waals surface area contributed by atoms with Gasteiger partial charge in [0.1, 0.15) is 5.58 Å². The van der Waals surface area contributed by atoms with Gasteiger partial charge in [-0.25, -0.2) is 15.0 Å². The fourth-order valence-corrected chi connectivity index (χ4v) is 8.64. The lowest BCUT2D eigenvalue weighted by Gasteiger charge is -2.08. The second-order valence-corrected chi connectivity index (χ2v) is 13.9. The maximum absolute atomic E-state index is 6.66. The summed E-state index contributed by atoms with van der Waals surface area (Å²) >= 11 is 1.76. The number of hydrogen-bond acceptors (Lipinski definition) is 5. The highest BCUT2D eigenvalue weighted by atomic mass is 32.1. The van der Waals surface area contributed by atoms with Crippen LogP contribution in [0.25, 0.3) is 104 Å². The van der Waals surface area contributed by atoms with Crippen LogP contribution in [-0.2, 0) is 0 Å². The van der Waals surface area contributed by atoms with Crippen molar-refractivity contribution in [3.63, 3.8) is 0 Å². The third-order valence-corrected chi connectivity index (χ3v) is 11.0. The molecule has 11 rings (SSSR count). The lowest BCUT2D eigenvalue weighted by atomic mass is 10.1. The molecular weight excluding hydrogens is 645 g/mol. The highest BCUT2D eigenvalue weighted by molar-refractivity contribution is 7.26. The zero-order valence-electron chi connectivity index (χ0n) is 27.1. The van der Waals surface area contributed by atoms with Gasteiger partial charge in [0, 0.05) is 59.4 Å². The number of para-hydroxylation sites is 2. The molecule has 11 aromatic rings. The summed E-state index contributed by atoms with van der Waals surface area (Å²) < 4.78 is 11.3. The fraction of sp³-hybridized carbons (Fsp3) is 0. The van der Waals surface area contributed by atoms with E-state index < -0.39 is 0 Å². The third kappa shape index (κ3) is 4.37. The topological polar surface area (TPSA) is 56.7 Å². The molecule has 0 aliphatic rings. The average Bonchev–Trinajstić information content (AvgIpc) is 3.87. The largest absolute Gasteiger partial charge is 0.455 e. The molecule has 0 atom stereocenters. The minimum Gasteiger partial charge on any atom is -0.455 e. The molecule has 0 spiro atoms. The normalized spacial score (nSPS) is 11.9. The van der Waals surface area contributed by atoms with Crippen molar-refractivity contribution in [2.45, 2.75) is 0 Å². The second-order valence-electron chi connectivity index (χ2n) is 12.8. The lowest BCUT2D eigenvalue weighted by molar-refractivity contribution is 0.673. The summed E-state index contributed by atoms with van der Waals surface area (Å²) in [5, 5.41) is 7.04. The molecule has 238 valence electrons. The minimum absolute atomic E-state index is 0.645. The van der Waals surface area contributed by atoms with Crippen LogP contribution in [-0.4, -0.2) is 19.5 Å². The van der Waals surface area contributed by atoms with Crippen LogP contribution < -0.4 is 0 Å². The summed E-state index contributed by atoms with van der Waals surface area (Å²) in [6.45, 7) is 0. The first kappa shape index (κ1) is 28.2. The first-order chi connectivity index (χ1) is 25.3. The summed E-state index contributed by atoms with van der Waals surface area (Å²) in [5.74, 6) is 1.95. The molecular formula is C45H26N4OS. The van der Waals surface area contributed by atoms with E-state index in [2.05, 4.69) is 102 Å². The van der Waals surface area contributed by atoms with E-state index >= 15 is 0 Å². The van der Waals surface area contributed by atoms with Crippen LogP contribution in [0.15, 0.2) is 162 Å². The molecule has 6 heteroatoms. The lowest BCUT2D eigenvalue weighted by Crippen LogP contribution is -2.00. The molecule has 0 bridgehead atoms. The van der Waals surface area contributed by atoms with Crippen molar-refractivity contribution < 1.29 is 4.42 Å². The molecule has 4 aromatic heterocycles. The molecule has 0 saturated carbocycles. The predicted octanol–water partition coefficient (Wildman–Crippen LogP) is 12.2. The van der Waals surface area contributed by atoms with Crippen LogP contribution in [0, 0.1) is 0 Å². The number of fused-ring (bicyclic) bond motifs is 10. The van der Waals surface area contributed by atoms with E-state index in [1.165, 1.54) is 26.5 Å². The Labute approximate surface area is 295 Å². The standard InChI is InChI=1S/C45H26N4OS/c1-3-11-27(12-4-1)43-46-44(28-13-5-2-6-14-28)48-45(47-43)29-19-24-40-36(25-29)34-22-21-33-35-26-30(20-23-39(35)50-41(33)42(34)51-40)49-37-17-9-7-15-31(37)32-16-8-10-18-38(32)49/h1-26H. The van der Waals surface area contributed by atoms with Crippen LogP contribution in [0.5, 0.6) is 0 Å². The van der Waals surface area contributed by atoms with Gasteiger partial charge in [0.25, 0.3) is 0 Å². The van der Waals surface area contributed by atoms with Gasteiger partial charge in [0.15, 0.2) is 23.1 Å². The van der Waals surface area contributed by atoms with Crippen molar-refractivity contribution in [3.05, 3.63) is 158 Å². The van der Waals surface area contributed by atoms with Gasteiger partial charge in [-0.05, 0) is 54.6 Å². The summed E-state index contributed by atoms with van der Waals surface area (Å²) in [7, 11) is 0. The van der Waals surface area contributed by atoms with Crippen molar-refractivity contribution in [1.82, 2.24) is 19.5 Å². The molecule has 0 N–H and O–H groups in total. The van der Waals surface area contributed by atoms with Crippen LogP contribution in [0.1, 0.15) is 0 Å². The molecule has 51 heavy (non-hydrogen) atoms. The summed E-state index contributed by atoms with van der Waals surface area (Å²) in [6.07, 6.45) is 0. The van der Waals surface area contributed by atoms with Crippen LogP contribution in [0.4, 0.5) is 0 Å². The Hall–Kier alpha value is -6.63. The van der Waals surface area contributed by atoms with Gasteiger partial charge in [0.05, 0.1) is 15.7 Å². The molecule has 5 nitrogen and oxygen atoms in total. The van der Waals surface area contributed by atoms with Crippen molar-refractivity contribution >= 4 is 75.3 Å². The van der Waals surface area contributed by atoms with Crippen molar-refractivity contribution in [3.8, 4) is 39.9 Å². The summed E-state index contributed by atoms with van der Waals surface area (Å²) in [6, 6.07) is 54.9. The number of furan rings is 1. The van der Waals surface area contributed by atoms with E-state index in [0.717, 1.165) is 59.8 Å². The molecule has 0 aliphatic carbocycles. The Morgan fingerprint density at radius 1 is 0.431 bits per heavy atom. The summed E-state index contributed by atoms with van der Waals surface area (Å²) in [5.41, 5.74) is 8.15. The maximum Gasteiger partial charge on any atom is 0.164 e. The highest BCUT2D eigenvalue weighted by Crippen LogP contribution is 2.43. The van der Waals surface area contributed by atoms with Gasteiger partial charge < -0.3 is 8.98 Å². The Bertz CT molecular complexity index is 3030. The number of thiophene rings is 1. The van der Waals surface area contributed by atoms with Crippen molar-refractivity contribution in [1.29, 1.82) is 0 Å². The van der Waals surface area contributed by atoms with E-state index in [1.807, 2.05) is 60.7 Å². The Morgan fingerprint density at radius 3 is 1.69 bits per heavy atom. The van der Waals surface area contributed by atoms with Crippen LogP contribution >= 0.6 is 11.3 Å². The molecule has 0 saturated heterocycles. The SMILES string of the molecule is c1ccc(-c2nc(-c3ccccc3)nc(-c3ccc4sc5c(ccc6c7cc(-n8c9ccccc9c9ccccc98)ccc7oc65)c4c3)n2)cc1. The quantitative estimate of drug-likeness (QED) is 0.187. The molecule has 7 aromatic carbocycles. The van der Waals surface area contributed by atoms with Crippen molar-refractivity contribution in [2.24, 2.45) is 0 Å². The van der Waals surface area contributed by atoms with E-state index in [4.69, 9.17) is 19.4 Å². The van der Waals surface area contributed by atoms with Crippen molar-refractivity contribution in [2.75, 3.05) is 0 Å². The van der Waals surface area contributed by atoms with Gasteiger partial charge in [-0.3, -0.25) is 0 Å². The van der Waals surface area contributed by atoms with Gasteiger partial charge in [-0.1, -0.05) is 103 Å². The molecule has 0 aliphatic heterocycles. The van der Waals surface area contributed by atoms with Gasteiger partial charge in [-0.2, -0.15) is 0 Å². The zero-order valence-corrected chi connectivity index (χ0v) is 27.9. The number of aromatic nitrogens is 4. The molecule has 0 unspecified atom stereocenters. The zero-order chi connectivity index (χ0) is 33.5. The average molecular weight is 671 g/mol. The molecule has 0 fully saturated rings. The maximum atomic E-state index is 6.66. The van der Waals surface area contributed by atoms with Crippen LogP contribution in [0.2, 0.25) is 0 Å². The van der Waals surface area contributed by atoms with Gasteiger partial charge >= 0.3 is 0 Å². The van der Waals surface area contributed by atoms with E-state index in [-0.39, 0.29) is 0 Å². The Kier molecular flexibility index (Phi) is 6.05. The molecule has 0 amide bonds. The predicted molar refractivity (Wildman–Crippen MR) is 211 cm³/mol. The number of nitrogens with zero attached hydrogens (tertiary/aromatic N) is 4. The molecule has 4 heterocycles. The minimum atomic E-state index is 0.645. The smallest absolute Gasteiger partial charge is 0.164 e. The number of rotatable bonds is 4. The second kappa shape index (κ2) is 10.9. The first-order valence-electron chi connectivity index (χ1n) is 16.9. The summed E-state index contributed by atoms with van der Waals surface area (Å²) in [4.78, 5) is 14.8.